The second kappa shape index (κ2) is 7.63. The minimum absolute atomic E-state index is 0.110. The van der Waals surface area contributed by atoms with E-state index in [0.29, 0.717) is 12.1 Å². The van der Waals surface area contributed by atoms with Gasteiger partial charge in [-0.2, -0.15) is 0 Å². The van der Waals surface area contributed by atoms with Crippen LogP contribution in [0.4, 0.5) is 5.69 Å². The Morgan fingerprint density at radius 3 is 2.00 bits per heavy atom. The topological polar surface area (TPSA) is 75.3 Å². The number of phenols is 1. The Balaban J connectivity index is 2.28. The summed E-state index contributed by atoms with van der Waals surface area (Å²) in [6, 6.07) is 11.0. The number of benzene rings is 2. The van der Waals surface area contributed by atoms with Gasteiger partial charge in [0.2, 0.25) is 0 Å². The minimum Gasteiger partial charge on any atom is -0.508 e. The maximum absolute atomic E-state index is 12.9. The first-order valence-corrected chi connectivity index (χ1v) is 9.41. The smallest absolute Gasteiger partial charge is 0.251 e. The van der Waals surface area contributed by atoms with Crippen LogP contribution in [0.25, 0.3) is 0 Å². The number of aromatic hydroxyl groups is 1. The molecule has 146 valence electrons. The first kappa shape index (κ1) is 20.8. The number of phenolic OH excluding ortho intramolecular Hbond substituents is 1. The number of anilines is 1. The first-order valence-electron chi connectivity index (χ1n) is 9.41. The Hall–Kier alpha value is -2.49. The van der Waals surface area contributed by atoms with Gasteiger partial charge in [0.25, 0.3) is 5.91 Å². The summed E-state index contributed by atoms with van der Waals surface area (Å²) in [5, 5.41) is 13.5. The lowest BCUT2D eigenvalue weighted by molar-refractivity contribution is 0.0951. The van der Waals surface area contributed by atoms with E-state index in [1.807, 2.05) is 24.3 Å². The predicted octanol–water partition coefficient (Wildman–Crippen LogP) is 4.54. The van der Waals surface area contributed by atoms with Crippen molar-refractivity contribution >= 4 is 11.6 Å². The van der Waals surface area contributed by atoms with Crippen molar-refractivity contribution in [2.45, 2.75) is 58.8 Å². The van der Waals surface area contributed by atoms with Crippen molar-refractivity contribution in [3.8, 4) is 5.75 Å². The summed E-state index contributed by atoms with van der Waals surface area (Å²) < 4.78 is 0. The third-order valence-corrected chi connectivity index (χ3v) is 4.61. The van der Waals surface area contributed by atoms with Crippen molar-refractivity contribution in [1.82, 2.24) is 5.32 Å². The van der Waals surface area contributed by atoms with E-state index in [9.17, 15) is 9.90 Å². The summed E-state index contributed by atoms with van der Waals surface area (Å²) in [6.07, 6.45) is 0.737. The monoisotopic (exact) mass is 368 g/mol. The summed E-state index contributed by atoms with van der Waals surface area (Å²) in [5.41, 5.74) is 9.39. The summed E-state index contributed by atoms with van der Waals surface area (Å²) in [4.78, 5) is 12.9. The van der Waals surface area contributed by atoms with E-state index in [1.54, 1.807) is 12.1 Å². The number of hydrogen-bond acceptors (Lipinski definition) is 3. The Morgan fingerprint density at radius 2 is 1.48 bits per heavy atom. The molecule has 0 spiro atoms. The quantitative estimate of drug-likeness (QED) is 0.694. The SMILES string of the molecule is CC(C)(C)c1c(O)ccc(C(=O)NCCc2ccc(N)cc2)c1C(C)(C)C. The summed E-state index contributed by atoms with van der Waals surface area (Å²) in [5.74, 6) is 0.131. The molecule has 4 N–H and O–H groups in total. The van der Waals surface area contributed by atoms with Crippen LogP contribution in [0.5, 0.6) is 5.75 Å². The lowest BCUT2D eigenvalue weighted by atomic mass is 9.72. The van der Waals surface area contributed by atoms with E-state index in [0.717, 1.165) is 28.8 Å². The molecule has 0 heterocycles. The summed E-state index contributed by atoms with van der Waals surface area (Å²) >= 11 is 0. The molecule has 1 amide bonds. The van der Waals surface area contributed by atoms with Gasteiger partial charge in [0.15, 0.2) is 0 Å². The standard InChI is InChI=1S/C23H32N2O2/c1-22(2,3)19-17(11-12-18(26)20(19)23(4,5)6)21(27)25-14-13-15-7-9-16(24)10-8-15/h7-12,26H,13-14,24H2,1-6H3,(H,25,27). The van der Waals surface area contributed by atoms with E-state index in [1.165, 1.54) is 0 Å². The van der Waals surface area contributed by atoms with Gasteiger partial charge >= 0.3 is 0 Å². The lowest BCUT2D eigenvalue weighted by Crippen LogP contribution is -2.31. The van der Waals surface area contributed by atoms with Crippen LogP contribution in [0.15, 0.2) is 36.4 Å². The average molecular weight is 369 g/mol. The fourth-order valence-corrected chi connectivity index (χ4v) is 3.42. The Kier molecular flexibility index (Phi) is 5.88. The van der Waals surface area contributed by atoms with Gasteiger partial charge < -0.3 is 16.2 Å². The molecule has 4 nitrogen and oxygen atoms in total. The highest BCUT2D eigenvalue weighted by atomic mass is 16.3. The number of rotatable bonds is 4. The van der Waals surface area contributed by atoms with Gasteiger partial charge in [0, 0.05) is 23.4 Å². The van der Waals surface area contributed by atoms with Crippen LogP contribution in [0, 0.1) is 0 Å². The highest BCUT2D eigenvalue weighted by Crippen LogP contribution is 2.41. The van der Waals surface area contributed by atoms with Gasteiger partial charge in [-0.3, -0.25) is 4.79 Å². The number of hydrogen-bond donors (Lipinski definition) is 3. The molecule has 0 fully saturated rings. The fraction of sp³-hybridized carbons (Fsp3) is 0.435. The van der Waals surface area contributed by atoms with E-state index in [2.05, 4.69) is 46.9 Å². The first-order chi connectivity index (χ1) is 12.4. The van der Waals surface area contributed by atoms with Gasteiger partial charge in [-0.15, -0.1) is 0 Å². The van der Waals surface area contributed by atoms with Crippen LogP contribution in [-0.4, -0.2) is 17.6 Å². The second-order valence-electron chi connectivity index (χ2n) is 9.13. The second-order valence-corrected chi connectivity index (χ2v) is 9.13. The molecular weight excluding hydrogens is 336 g/mol. The van der Waals surface area contributed by atoms with E-state index < -0.39 is 0 Å². The zero-order chi connectivity index (χ0) is 20.4. The highest BCUT2D eigenvalue weighted by molar-refractivity contribution is 5.97. The molecule has 27 heavy (non-hydrogen) atoms. The van der Waals surface area contributed by atoms with Crippen LogP contribution in [-0.2, 0) is 17.3 Å². The molecular formula is C23H32N2O2. The third kappa shape index (κ3) is 5.03. The molecule has 2 rings (SSSR count). The number of nitrogens with one attached hydrogen (secondary N) is 1. The van der Waals surface area contributed by atoms with Crippen LogP contribution < -0.4 is 11.1 Å². The van der Waals surface area contributed by atoms with Crippen LogP contribution in [0.3, 0.4) is 0 Å². The van der Waals surface area contributed by atoms with Gasteiger partial charge in [-0.1, -0.05) is 53.7 Å². The predicted molar refractivity (Wildman–Crippen MR) is 112 cm³/mol. The maximum atomic E-state index is 12.9. The molecule has 0 bridgehead atoms. The van der Waals surface area contributed by atoms with Crippen molar-refractivity contribution in [2.24, 2.45) is 0 Å². The molecule has 4 heteroatoms. The zero-order valence-electron chi connectivity index (χ0n) is 17.3. The maximum Gasteiger partial charge on any atom is 0.251 e. The van der Waals surface area contributed by atoms with Crippen LogP contribution in [0.2, 0.25) is 0 Å². The molecule has 0 aliphatic heterocycles. The van der Waals surface area contributed by atoms with Gasteiger partial charge in [-0.25, -0.2) is 0 Å². The molecule has 0 atom stereocenters. The number of amides is 1. The lowest BCUT2D eigenvalue weighted by Gasteiger charge is -2.32. The van der Waals surface area contributed by atoms with E-state index in [-0.39, 0.29) is 22.5 Å². The van der Waals surface area contributed by atoms with Crippen molar-refractivity contribution < 1.29 is 9.90 Å². The van der Waals surface area contributed by atoms with Gasteiger partial charge in [0.1, 0.15) is 5.75 Å². The normalized spacial score (nSPS) is 12.1. The molecule has 2 aromatic rings. The van der Waals surface area contributed by atoms with E-state index in [4.69, 9.17) is 5.73 Å². The van der Waals surface area contributed by atoms with E-state index >= 15 is 0 Å². The fourth-order valence-electron chi connectivity index (χ4n) is 3.42. The Labute approximate surface area is 162 Å². The number of carbonyl (C=O) groups is 1. The molecule has 0 saturated carbocycles. The third-order valence-electron chi connectivity index (χ3n) is 4.61. The molecule has 0 aliphatic carbocycles. The zero-order valence-corrected chi connectivity index (χ0v) is 17.3. The molecule has 0 saturated heterocycles. The highest BCUT2D eigenvalue weighted by Gasteiger charge is 2.32. The molecule has 0 aromatic heterocycles. The Morgan fingerprint density at radius 1 is 0.926 bits per heavy atom. The number of nitrogen functional groups attached to an aromatic ring is 1. The Bertz CT molecular complexity index is 810. The number of carbonyl (C=O) groups excluding carboxylic acids is 1. The van der Waals surface area contributed by atoms with Crippen molar-refractivity contribution in [3.63, 3.8) is 0 Å². The van der Waals surface area contributed by atoms with Crippen LogP contribution in [0.1, 0.15) is 68.6 Å². The largest absolute Gasteiger partial charge is 0.508 e. The molecule has 0 radical (unpaired) electrons. The molecule has 0 unspecified atom stereocenters. The van der Waals surface area contributed by atoms with Gasteiger partial charge in [0.05, 0.1) is 0 Å². The molecule has 2 aromatic carbocycles. The van der Waals surface area contributed by atoms with Crippen molar-refractivity contribution in [3.05, 3.63) is 58.7 Å². The molecule has 0 aliphatic rings. The van der Waals surface area contributed by atoms with Gasteiger partial charge in [-0.05, 0) is 52.6 Å². The minimum atomic E-state index is -0.273. The summed E-state index contributed by atoms with van der Waals surface area (Å²) in [6.45, 7) is 12.9. The number of nitrogens with two attached hydrogens (primary N) is 1. The van der Waals surface area contributed by atoms with Crippen molar-refractivity contribution in [1.29, 1.82) is 0 Å². The van der Waals surface area contributed by atoms with Crippen LogP contribution >= 0.6 is 0 Å². The van der Waals surface area contributed by atoms with Crippen molar-refractivity contribution in [2.75, 3.05) is 12.3 Å². The summed E-state index contributed by atoms with van der Waals surface area (Å²) in [7, 11) is 0. The average Bonchev–Trinajstić information content (AvgIpc) is 2.54.